The van der Waals surface area contributed by atoms with Gasteiger partial charge in [0.1, 0.15) is 18.2 Å². The number of ketones is 1. The second-order valence-electron chi connectivity index (χ2n) is 7.67. The molecule has 2 rings (SSSR count). The van der Waals surface area contributed by atoms with Crippen molar-refractivity contribution in [1.82, 2.24) is 4.90 Å². The van der Waals surface area contributed by atoms with E-state index in [2.05, 4.69) is 0 Å². The summed E-state index contributed by atoms with van der Waals surface area (Å²) in [4.78, 5) is 26.1. The minimum absolute atomic E-state index is 0.0444. The van der Waals surface area contributed by atoms with Crippen molar-refractivity contribution in [3.8, 4) is 0 Å². The van der Waals surface area contributed by atoms with Gasteiger partial charge in [0, 0.05) is 19.1 Å². The fraction of sp³-hybridized carbons (Fsp3) is 0.882. The number of hydrogen-bond donors (Lipinski definition) is 1. The lowest BCUT2D eigenvalue weighted by Gasteiger charge is -2.29. The number of carbonyl (C=O) groups is 2. The van der Waals surface area contributed by atoms with Gasteiger partial charge in [-0.25, -0.2) is 4.79 Å². The fourth-order valence-electron chi connectivity index (χ4n) is 3.63. The van der Waals surface area contributed by atoms with Crippen LogP contribution < -0.4 is 0 Å². The average molecular weight is 345 g/mol. The van der Waals surface area contributed by atoms with E-state index in [1.165, 1.54) is 4.90 Å². The van der Waals surface area contributed by atoms with Crippen LogP contribution in [0.25, 0.3) is 0 Å². The normalized spacial score (nSPS) is 30.6. The molecule has 7 heteroatoms. The van der Waals surface area contributed by atoms with Crippen LogP contribution in [-0.2, 0) is 14.3 Å². The SMILES string of the molecule is CC(C)(C)OC(=O)N1C[C@@H]2C[C@H](CCF)CCO[C@H]2[C@H]1C(=O)CO. The van der Waals surface area contributed by atoms with E-state index in [4.69, 9.17) is 9.47 Å². The van der Waals surface area contributed by atoms with Crippen LogP contribution in [0.2, 0.25) is 0 Å². The first-order valence-corrected chi connectivity index (χ1v) is 8.57. The van der Waals surface area contributed by atoms with E-state index < -0.39 is 36.2 Å². The number of hydrogen-bond acceptors (Lipinski definition) is 5. The molecule has 2 saturated heterocycles. The van der Waals surface area contributed by atoms with Gasteiger partial charge in [-0.15, -0.1) is 0 Å². The number of ether oxygens (including phenoxy) is 2. The summed E-state index contributed by atoms with van der Waals surface area (Å²) in [5.41, 5.74) is -0.674. The van der Waals surface area contributed by atoms with Crippen molar-refractivity contribution in [2.45, 2.75) is 57.8 Å². The molecule has 0 radical (unpaired) electrons. The highest BCUT2D eigenvalue weighted by molar-refractivity contribution is 5.89. The van der Waals surface area contributed by atoms with Gasteiger partial charge in [-0.3, -0.25) is 14.1 Å². The molecule has 1 N–H and O–H groups in total. The van der Waals surface area contributed by atoms with Crippen LogP contribution in [0.1, 0.15) is 40.0 Å². The molecule has 2 fully saturated rings. The van der Waals surface area contributed by atoms with Crippen LogP contribution >= 0.6 is 0 Å². The van der Waals surface area contributed by atoms with Gasteiger partial charge in [-0.05, 0) is 46.0 Å². The molecule has 2 aliphatic rings. The van der Waals surface area contributed by atoms with E-state index in [0.717, 1.165) is 6.42 Å². The molecule has 0 bridgehead atoms. The molecule has 2 aliphatic heterocycles. The number of amides is 1. The topological polar surface area (TPSA) is 76.1 Å². The Hall–Kier alpha value is -1.21. The summed E-state index contributed by atoms with van der Waals surface area (Å²) < 4.78 is 23.9. The monoisotopic (exact) mass is 345 g/mol. The maximum atomic E-state index is 12.7. The van der Waals surface area contributed by atoms with Crippen LogP contribution in [0.4, 0.5) is 9.18 Å². The van der Waals surface area contributed by atoms with Gasteiger partial charge < -0.3 is 14.6 Å². The second-order valence-corrected chi connectivity index (χ2v) is 7.67. The van der Waals surface area contributed by atoms with Gasteiger partial charge in [0.25, 0.3) is 0 Å². The molecule has 0 aromatic carbocycles. The standard InChI is InChI=1S/C17H28FNO5/c1-17(2,3)24-16(22)19-9-12-8-11(4-6-18)5-7-23-15(12)14(19)13(21)10-20/h11-12,14-15,20H,4-10H2,1-3H3/t11-,12+,14-,15-/m1/s1. The molecule has 0 aromatic heterocycles. The zero-order valence-corrected chi connectivity index (χ0v) is 14.7. The third kappa shape index (κ3) is 4.45. The van der Waals surface area contributed by atoms with Crippen molar-refractivity contribution < 1.29 is 28.6 Å². The van der Waals surface area contributed by atoms with E-state index in [1.54, 1.807) is 20.8 Å². The van der Waals surface area contributed by atoms with Gasteiger partial charge in [0.2, 0.25) is 0 Å². The Balaban J connectivity index is 2.19. The molecule has 6 nitrogen and oxygen atoms in total. The zero-order chi connectivity index (χ0) is 17.9. The molecule has 0 aliphatic carbocycles. The molecule has 0 aromatic rings. The number of aliphatic hydroxyl groups is 1. The highest BCUT2D eigenvalue weighted by Crippen LogP contribution is 2.37. The van der Waals surface area contributed by atoms with Gasteiger partial charge in [0.15, 0.2) is 5.78 Å². The lowest BCUT2D eigenvalue weighted by Crippen LogP contribution is -2.48. The van der Waals surface area contributed by atoms with Gasteiger partial charge in [-0.1, -0.05) is 0 Å². The minimum Gasteiger partial charge on any atom is -0.444 e. The lowest BCUT2D eigenvalue weighted by molar-refractivity contribution is -0.130. The molecule has 2 heterocycles. The Morgan fingerprint density at radius 1 is 1.38 bits per heavy atom. The van der Waals surface area contributed by atoms with Crippen LogP contribution in [0.15, 0.2) is 0 Å². The van der Waals surface area contributed by atoms with Crippen molar-refractivity contribution in [3.63, 3.8) is 0 Å². The Morgan fingerprint density at radius 2 is 2.08 bits per heavy atom. The van der Waals surface area contributed by atoms with E-state index in [9.17, 15) is 19.1 Å². The molecule has 0 saturated carbocycles. The summed E-state index contributed by atoms with van der Waals surface area (Å²) in [6.07, 6.45) is 0.902. The molecular weight excluding hydrogens is 317 g/mol. The van der Waals surface area contributed by atoms with Crippen molar-refractivity contribution in [1.29, 1.82) is 0 Å². The number of halogens is 1. The smallest absolute Gasteiger partial charge is 0.411 e. The number of aliphatic hydroxyl groups excluding tert-OH is 1. The van der Waals surface area contributed by atoms with E-state index >= 15 is 0 Å². The number of fused-ring (bicyclic) bond motifs is 1. The second kappa shape index (κ2) is 7.78. The van der Waals surface area contributed by atoms with E-state index in [-0.39, 0.29) is 18.5 Å². The van der Waals surface area contributed by atoms with Gasteiger partial charge in [-0.2, -0.15) is 0 Å². The van der Waals surface area contributed by atoms with Crippen LogP contribution in [0.3, 0.4) is 0 Å². The zero-order valence-electron chi connectivity index (χ0n) is 14.7. The van der Waals surface area contributed by atoms with Crippen LogP contribution in [0.5, 0.6) is 0 Å². The van der Waals surface area contributed by atoms with Crippen molar-refractivity contribution >= 4 is 11.9 Å². The van der Waals surface area contributed by atoms with Crippen LogP contribution in [-0.4, -0.2) is 66.1 Å². The summed E-state index contributed by atoms with van der Waals surface area (Å²) in [7, 11) is 0. The molecule has 0 spiro atoms. The highest BCUT2D eigenvalue weighted by Gasteiger charge is 2.50. The first-order chi connectivity index (χ1) is 11.3. The van der Waals surface area contributed by atoms with Crippen molar-refractivity contribution in [2.24, 2.45) is 11.8 Å². The Kier molecular flexibility index (Phi) is 6.20. The van der Waals surface area contributed by atoms with Gasteiger partial charge >= 0.3 is 6.09 Å². The Morgan fingerprint density at radius 3 is 2.67 bits per heavy atom. The highest BCUT2D eigenvalue weighted by atomic mass is 19.1. The number of likely N-dealkylation sites (tertiary alicyclic amines) is 1. The summed E-state index contributed by atoms with van der Waals surface area (Å²) in [6.45, 7) is 5.02. The summed E-state index contributed by atoms with van der Waals surface area (Å²) in [6, 6.07) is -0.834. The van der Waals surface area contributed by atoms with Crippen molar-refractivity contribution in [2.75, 3.05) is 26.4 Å². The maximum absolute atomic E-state index is 12.7. The number of alkyl halides is 1. The molecule has 4 atom stereocenters. The number of rotatable bonds is 4. The predicted octanol–water partition coefficient (Wildman–Crippen LogP) is 1.94. The molecule has 24 heavy (non-hydrogen) atoms. The van der Waals surface area contributed by atoms with Gasteiger partial charge in [0.05, 0.1) is 12.8 Å². The number of carbonyl (C=O) groups excluding carboxylic acids is 2. The van der Waals surface area contributed by atoms with Crippen LogP contribution in [0, 0.1) is 11.8 Å². The maximum Gasteiger partial charge on any atom is 0.411 e. The first-order valence-electron chi connectivity index (χ1n) is 8.57. The quantitative estimate of drug-likeness (QED) is 0.843. The summed E-state index contributed by atoms with van der Waals surface area (Å²) in [5, 5.41) is 9.29. The largest absolute Gasteiger partial charge is 0.444 e. The first kappa shape index (κ1) is 19.1. The third-order valence-electron chi connectivity index (χ3n) is 4.65. The Labute approximate surface area is 142 Å². The van der Waals surface area contributed by atoms with E-state index in [0.29, 0.717) is 26.0 Å². The predicted molar refractivity (Wildman–Crippen MR) is 85.4 cm³/mol. The Bertz CT molecular complexity index is 464. The summed E-state index contributed by atoms with van der Waals surface area (Å²) >= 11 is 0. The summed E-state index contributed by atoms with van der Waals surface area (Å²) in [5.74, 6) is -0.303. The average Bonchev–Trinajstić information content (AvgIpc) is 2.72. The molecule has 0 unspecified atom stereocenters. The number of Topliss-reactive ketones (excluding diaryl/α,β-unsaturated/α-hetero) is 1. The van der Waals surface area contributed by atoms with E-state index in [1.807, 2.05) is 0 Å². The lowest BCUT2D eigenvalue weighted by atomic mass is 9.88. The molecule has 1 amide bonds. The fourth-order valence-corrected chi connectivity index (χ4v) is 3.63. The minimum atomic E-state index is -0.834. The third-order valence-corrected chi connectivity index (χ3v) is 4.65. The number of nitrogens with zero attached hydrogens (tertiary/aromatic N) is 1. The molecular formula is C17H28FNO5. The van der Waals surface area contributed by atoms with Crippen molar-refractivity contribution in [3.05, 3.63) is 0 Å². The molecule has 138 valence electrons.